The average molecular weight is 258 g/mol. The number of rotatable bonds is 1. The van der Waals surface area contributed by atoms with Crippen molar-refractivity contribution in [3.8, 4) is 11.3 Å². The molecule has 2 nitrogen and oxygen atoms in total. The molecule has 0 saturated carbocycles. The molecule has 0 fully saturated rings. The molecule has 2 heteroatoms. The summed E-state index contributed by atoms with van der Waals surface area (Å²) in [6.07, 6.45) is 2.10. The molecule has 0 amide bonds. The lowest BCUT2D eigenvalue weighted by Crippen LogP contribution is -1.94. The lowest BCUT2D eigenvalue weighted by molar-refractivity contribution is 1.11. The second-order valence-electron chi connectivity index (χ2n) is 5.06. The second-order valence-corrected chi connectivity index (χ2v) is 5.06. The fraction of sp³-hybridized carbons (Fsp3) is 0.0556. The predicted octanol–water partition coefficient (Wildman–Crippen LogP) is 4.46. The first-order valence-electron chi connectivity index (χ1n) is 6.76. The third-order valence-corrected chi connectivity index (χ3v) is 3.64. The van der Waals surface area contributed by atoms with E-state index in [4.69, 9.17) is 4.98 Å². The number of hydrogen-bond donors (Lipinski definition) is 0. The average Bonchev–Trinajstić information content (AvgIpc) is 2.86. The topological polar surface area (TPSA) is 17.3 Å². The molecule has 20 heavy (non-hydrogen) atoms. The molecule has 0 N–H and O–H groups in total. The normalized spacial score (nSPS) is 11.2. The van der Waals surface area contributed by atoms with Crippen LogP contribution in [-0.4, -0.2) is 9.38 Å². The van der Waals surface area contributed by atoms with Crippen LogP contribution in [0.15, 0.2) is 66.9 Å². The van der Waals surface area contributed by atoms with Crippen LogP contribution >= 0.6 is 0 Å². The minimum Gasteiger partial charge on any atom is -0.313 e. The fourth-order valence-electron chi connectivity index (χ4n) is 2.75. The van der Waals surface area contributed by atoms with E-state index in [9.17, 15) is 0 Å². The summed E-state index contributed by atoms with van der Waals surface area (Å²) in [5.41, 5.74) is 5.61. The first-order valence-corrected chi connectivity index (χ1v) is 6.76. The molecule has 0 aliphatic carbocycles. The van der Waals surface area contributed by atoms with Crippen LogP contribution < -0.4 is 0 Å². The summed E-state index contributed by atoms with van der Waals surface area (Å²) < 4.78 is 2.24. The van der Waals surface area contributed by atoms with Gasteiger partial charge in [0.05, 0.1) is 22.4 Å². The Morgan fingerprint density at radius 3 is 2.45 bits per heavy atom. The van der Waals surface area contributed by atoms with Gasteiger partial charge < -0.3 is 4.40 Å². The summed E-state index contributed by atoms with van der Waals surface area (Å²) in [7, 11) is 0. The molecular weight excluding hydrogens is 244 g/mol. The number of para-hydroxylation sites is 1. The predicted molar refractivity (Wildman–Crippen MR) is 82.9 cm³/mol. The molecule has 0 aliphatic heterocycles. The molecule has 4 rings (SSSR count). The maximum atomic E-state index is 4.75. The van der Waals surface area contributed by atoms with E-state index in [2.05, 4.69) is 65.2 Å². The van der Waals surface area contributed by atoms with E-state index in [1.54, 1.807) is 0 Å². The summed E-state index contributed by atoms with van der Waals surface area (Å²) >= 11 is 0. The lowest BCUT2D eigenvalue weighted by atomic mass is 10.1. The SMILES string of the molecule is Cc1cn2c(cc3ccccc32)c(-c2ccccc2)n1. The molecule has 0 saturated heterocycles. The quantitative estimate of drug-likeness (QED) is 0.492. The van der Waals surface area contributed by atoms with E-state index in [0.717, 1.165) is 22.5 Å². The number of nitrogens with zero attached hydrogens (tertiary/aromatic N) is 2. The Bertz CT molecular complexity index is 905. The summed E-state index contributed by atoms with van der Waals surface area (Å²) in [5.74, 6) is 0. The third kappa shape index (κ3) is 1.62. The zero-order valence-electron chi connectivity index (χ0n) is 11.2. The van der Waals surface area contributed by atoms with Gasteiger partial charge in [-0.3, -0.25) is 0 Å². The highest BCUT2D eigenvalue weighted by molar-refractivity contribution is 5.92. The smallest absolute Gasteiger partial charge is 0.0946 e. The number of benzene rings is 2. The maximum Gasteiger partial charge on any atom is 0.0946 e. The van der Waals surface area contributed by atoms with Crippen LogP contribution in [-0.2, 0) is 0 Å². The Labute approximate surface area is 117 Å². The lowest BCUT2D eigenvalue weighted by Gasteiger charge is -2.06. The highest BCUT2D eigenvalue weighted by Crippen LogP contribution is 2.28. The van der Waals surface area contributed by atoms with E-state index in [0.29, 0.717) is 0 Å². The van der Waals surface area contributed by atoms with Crippen LogP contribution in [0.3, 0.4) is 0 Å². The van der Waals surface area contributed by atoms with Crippen LogP contribution in [0.25, 0.3) is 27.7 Å². The van der Waals surface area contributed by atoms with E-state index in [1.807, 2.05) is 13.0 Å². The van der Waals surface area contributed by atoms with Crippen LogP contribution in [0.1, 0.15) is 5.69 Å². The summed E-state index contributed by atoms with van der Waals surface area (Å²) in [5, 5.41) is 1.25. The van der Waals surface area contributed by atoms with Crippen LogP contribution in [0, 0.1) is 6.92 Å². The van der Waals surface area contributed by atoms with Gasteiger partial charge in [0.2, 0.25) is 0 Å². The van der Waals surface area contributed by atoms with Gasteiger partial charge in [0.25, 0.3) is 0 Å². The molecule has 0 atom stereocenters. The molecule has 2 aromatic carbocycles. The Balaban J connectivity index is 2.16. The van der Waals surface area contributed by atoms with Crippen molar-refractivity contribution in [1.29, 1.82) is 0 Å². The van der Waals surface area contributed by atoms with Gasteiger partial charge in [0.15, 0.2) is 0 Å². The number of aryl methyl sites for hydroxylation is 1. The van der Waals surface area contributed by atoms with E-state index < -0.39 is 0 Å². The molecule has 2 aromatic heterocycles. The zero-order chi connectivity index (χ0) is 13.5. The van der Waals surface area contributed by atoms with Crippen molar-refractivity contribution in [2.24, 2.45) is 0 Å². The molecule has 2 heterocycles. The van der Waals surface area contributed by atoms with Gasteiger partial charge in [-0.05, 0) is 19.1 Å². The molecular formula is C18H14N2. The molecule has 0 aliphatic rings. The van der Waals surface area contributed by atoms with Crippen LogP contribution in [0.4, 0.5) is 0 Å². The zero-order valence-corrected chi connectivity index (χ0v) is 11.2. The van der Waals surface area contributed by atoms with Crippen molar-refractivity contribution in [1.82, 2.24) is 9.38 Å². The van der Waals surface area contributed by atoms with E-state index >= 15 is 0 Å². The van der Waals surface area contributed by atoms with E-state index in [1.165, 1.54) is 10.9 Å². The first kappa shape index (κ1) is 11.2. The maximum absolute atomic E-state index is 4.75. The summed E-state index contributed by atoms with van der Waals surface area (Å²) in [4.78, 5) is 4.75. The first-order chi connectivity index (χ1) is 9.83. The molecule has 0 spiro atoms. The van der Waals surface area contributed by atoms with Crippen molar-refractivity contribution >= 4 is 16.4 Å². The molecule has 0 radical (unpaired) electrons. The van der Waals surface area contributed by atoms with Gasteiger partial charge in [-0.2, -0.15) is 0 Å². The van der Waals surface area contributed by atoms with Gasteiger partial charge in [-0.1, -0.05) is 48.5 Å². The molecule has 96 valence electrons. The van der Waals surface area contributed by atoms with Crippen molar-refractivity contribution < 1.29 is 0 Å². The van der Waals surface area contributed by atoms with Gasteiger partial charge in [-0.25, -0.2) is 4.98 Å². The van der Waals surface area contributed by atoms with Gasteiger partial charge >= 0.3 is 0 Å². The second kappa shape index (κ2) is 4.20. The highest BCUT2D eigenvalue weighted by Gasteiger charge is 2.10. The van der Waals surface area contributed by atoms with Crippen molar-refractivity contribution in [3.63, 3.8) is 0 Å². The standard InChI is InChI=1S/C18H14N2/c1-13-12-20-16-10-6-5-9-15(16)11-17(20)18(19-13)14-7-3-2-4-8-14/h2-12H,1H3. The fourth-order valence-corrected chi connectivity index (χ4v) is 2.75. The Morgan fingerprint density at radius 2 is 1.60 bits per heavy atom. The van der Waals surface area contributed by atoms with Crippen LogP contribution in [0.5, 0.6) is 0 Å². The number of hydrogen-bond acceptors (Lipinski definition) is 1. The molecule has 4 aromatic rings. The van der Waals surface area contributed by atoms with Crippen molar-refractivity contribution in [3.05, 3.63) is 72.6 Å². The molecule has 0 unspecified atom stereocenters. The Morgan fingerprint density at radius 1 is 0.850 bits per heavy atom. The van der Waals surface area contributed by atoms with Gasteiger partial charge in [-0.15, -0.1) is 0 Å². The van der Waals surface area contributed by atoms with Gasteiger partial charge in [0.1, 0.15) is 0 Å². The van der Waals surface area contributed by atoms with Gasteiger partial charge in [0, 0.05) is 17.1 Å². The Hall–Kier alpha value is -2.61. The highest BCUT2D eigenvalue weighted by atomic mass is 14.9. The van der Waals surface area contributed by atoms with Crippen LogP contribution in [0.2, 0.25) is 0 Å². The monoisotopic (exact) mass is 258 g/mol. The third-order valence-electron chi connectivity index (χ3n) is 3.64. The number of fused-ring (bicyclic) bond motifs is 3. The molecule has 0 bridgehead atoms. The van der Waals surface area contributed by atoms with Crippen molar-refractivity contribution in [2.75, 3.05) is 0 Å². The minimum atomic E-state index is 1.03. The summed E-state index contributed by atoms with van der Waals surface area (Å²) in [6, 6.07) is 21.0. The van der Waals surface area contributed by atoms with Crippen molar-refractivity contribution in [2.45, 2.75) is 6.92 Å². The minimum absolute atomic E-state index is 1.03. The Kier molecular flexibility index (Phi) is 2.36. The largest absolute Gasteiger partial charge is 0.313 e. The van der Waals surface area contributed by atoms with E-state index in [-0.39, 0.29) is 0 Å². The summed E-state index contributed by atoms with van der Waals surface area (Å²) in [6.45, 7) is 2.04. The number of aromatic nitrogens is 2.